The highest BCUT2D eigenvalue weighted by atomic mass is 35.5. The Balaban J connectivity index is 1.58. The Morgan fingerprint density at radius 3 is 2.50 bits per heavy atom. The molecule has 30 heavy (non-hydrogen) atoms. The molecule has 2 atom stereocenters. The number of anilines is 1. The van der Waals surface area contributed by atoms with E-state index in [4.69, 9.17) is 39.5 Å². The summed E-state index contributed by atoms with van der Waals surface area (Å²) in [6.07, 6.45) is 0. The number of sulfone groups is 1. The highest BCUT2D eigenvalue weighted by Crippen LogP contribution is 2.43. The lowest BCUT2D eigenvalue weighted by Gasteiger charge is -2.25. The number of aliphatic imine (C=N–C) groups is 1. The van der Waals surface area contributed by atoms with Crippen LogP contribution in [0.1, 0.15) is 0 Å². The van der Waals surface area contributed by atoms with Gasteiger partial charge in [0, 0.05) is 15.3 Å². The van der Waals surface area contributed by atoms with Gasteiger partial charge in [-0.2, -0.15) is 4.99 Å². The molecular weight excluding hydrogens is 491 g/mol. The van der Waals surface area contributed by atoms with Crippen molar-refractivity contribution in [2.45, 2.75) is 11.3 Å². The molecule has 0 aliphatic carbocycles. The standard InChI is InChI=1S/C19H15Cl3N2O4S2/c20-11-1-4-13(5-2-11)28-8-18(25)23-19-24(15-6-3-12(21)7-14(15)22)16-9-30(26,27)10-17(16)29-19/h1-7,16-17H,8-10H2. The van der Waals surface area contributed by atoms with Crippen molar-refractivity contribution in [3.8, 4) is 5.75 Å². The van der Waals surface area contributed by atoms with E-state index in [0.717, 1.165) is 0 Å². The van der Waals surface area contributed by atoms with Gasteiger partial charge in [-0.15, -0.1) is 0 Å². The molecule has 11 heteroatoms. The molecule has 2 aromatic rings. The van der Waals surface area contributed by atoms with Crippen LogP contribution in [0.2, 0.25) is 15.1 Å². The zero-order chi connectivity index (χ0) is 21.5. The van der Waals surface area contributed by atoms with Gasteiger partial charge in [0.1, 0.15) is 5.75 Å². The van der Waals surface area contributed by atoms with Crippen LogP contribution in [0.15, 0.2) is 47.5 Å². The van der Waals surface area contributed by atoms with Crippen molar-refractivity contribution < 1.29 is 17.9 Å². The summed E-state index contributed by atoms with van der Waals surface area (Å²) in [5.41, 5.74) is 0.559. The molecule has 2 aliphatic heterocycles. The van der Waals surface area contributed by atoms with Gasteiger partial charge in [-0.3, -0.25) is 4.79 Å². The van der Waals surface area contributed by atoms with E-state index in [-0.39, 0.29) is 29.4 Å². The number of amides is 1. The van der Waals surface area contributed by atoms with Gasteiger partial charge in [-0.05, 0) is 42.5 Å². The molecule has 1 amide bonds. The zero-order valence-electron chi connectivity index (χ0n) is 15.3. The molecule has 0 N–H and O–H groups in total. The van der Waals surface area contributed by atoms with Crippen LogP contribution >= 0.6 is 46.6 Å². The summed E-state index contributed by atoms with van der Waals surface area (Å²) in [6, 6.07) is 11.2. The van der Waals surface area contributed by atoms with Crippen LogP contribution in [0.5, 0.6) is 5.75 Å². The van der Waals surface area contributed by atoms with Crippen molar-refractivity contribution in [2.24, 2.45) is 4.99 Å². The predicted molar refractivity (Wildman–Crippen MR) is 122 cm³/mol. The van der Waals surface area contributed by atoms with E-state index in [1.165, 1.54) is 11.8 Å². The summed E-state index contributed by atoms with van der Waals surface area (Å²) in [7, 11) is -3.18. The predicted octanol–water partition coefficient (Wildman–Crippen LogP) is 4.33. The van der Waals surface area contributed by atoms with Crippen LogP contribution in [0.3, 0.4) is 0 Å². The fourth-order valence-corrected chi connectivity index (χ4v) is 7.89. The van der Waals surface area contributed by atoms with Gasteiger partial charge in [-0.1, -0.05) is 46.6 Å². The summed E-state index contributed by atoms with van der Waals surface area (Å²) >= 11 is 19.5. The van der Waals surface area contributed by atoms with Crippen LogP contribution in [0, 0.1) is 0 Å². The second-order valence-corrected chi connectivity index (χ2v) is 11.4. The number of nitrogens with zero attached hydrogens (tertiary/aromatic N) is 2. The summed E-state index contributed by atoms with van der Waals surface area (Å²) in [5, 5.41) is 1.54. The van der Waals surface area contributed by atoms with Gasteiger partial charge in [0.05, 0.1) is 28.3 Å². The molecule has 2 unspecified atom stereocenters. The van der Waals surface area contributed by atoms with E-state index in [9.17, 15) is 13.2 Å². The average molecular weight is 506 g/mol. The zero-order valence-corrected chi connectivity index (χ0v) is 19.2. The van der Waals surface area contributed by atoms with E-state index in [0.29, 0.717) is 31.7 Å². The SMILES string of the molecule is O=C(COc1ccc(Cl)cc1)N=C1SC2CS(=O)(=O)CC2N1c1ccc(Cl)cc1Cl. The van der Waals surface area contributed by atoms with Crippen molar-refractivity contribution in [1.29, 1.82) is 0 Å². The smallest absolute Gasteiger partial charge is 0.285 e. The quantitative estimate of drug-likeness (QED) is 0.616. The molecule has 6 nitrogen and oxygen atoms in total. The highest BCUT2D eigenvalue weighted by molar-refractivity contribution is 8.16. The minimum atomic E-state index is -3.18. The van der Waals surface area contributed by atoms with Gasteiger partial charge in [0.25, 0.3) is 5.91 Å². The van der Waals surface area contributed by atoms with E-state index in [1.54, 1.807) is 47.4 Å². The Morgan fingerprint density at radius 2 is 1.80 bits per heavy atom. The van der Waals surface area contributed by atoms with Crippen LogP contribution in [-0.4, -0.2) is 48.9 Å². The molecule has 2 aliphatic rings. The van der Waals surface area contributed by atoms with Crippen molar-refractivity contribution in [3.05, 3.63) is 57.5 Å². The first-order valence-corrected chi connectivity index (χ1v) is 12.7. The maximum absolute atomic E-state index is 12.5. The Hall–Kier alpha value is -1.45. The van der Waals surface area contributed by atoms with Gasteiger partial charge < -0.3 is 9.64 Å². The summed E-state index contributed by atoms with van der Waals surface area (Å²) in [5.74, 6) is -0.00523. The fourth-order valence-electron chi connectivity index (χ4n) is 3.34. The lowest BCUT2D eigenvalue weighted by molar-refractivity contribution is -0.119. The van der Waals surface area contributed by atoms with Crippen LogP contribution in [-0.2, 0) is 14.6 Å². The monoisotopic (exact) mass is 504 g/mol. The van der Waals surface area contributed by atoms with Crippen molar-refractivity contribution in [1.82, 2.24) is 0 Å². The number of halogens is 3. The Morgan fingerprint density at radius 1 is 1.10 bits per heavy atom. The van der Waals surface area contributed by atoms with E-state index in [1.807, 2.05) is 0 Å². The number of amidine groups is 1. The molecule has 4 rings (SSSR count). The van der Waals surface area contributed by atoms with Gasteiger partial charge in [0.2, 0.25) is 0 Å². The second kappa shape index (κ2) is 8.59. The Kier molecular flexibility index (Phi) is 6.23. The summed E-state index contributed by atoms with van der Waals surface area (Å²) < 4.78 is 29.7. The maximum atomic E-state index is 12.5. The molecule has 0 radical (unpaired) electrons. The third kappa shape index (κ3) is 4.73. The number of fused-ring (bicyclic) bond motifs is 1. The van der Waals surface area contributed by atoms with Gasteiger partial charge in [-0.25, -0.2) is 8.42 Å². The summed E-state index contributed by atoms with van der Waals surface area (Å²) in [6.45, 7) is -0.262. The summed E-state index contributed by atoms with van der Waals surface area (Å²) in [4.78, 5) is 18.4. The molecule has 158 valence electrons. The number of hydrogen-bond acceptors (Lipinski definition) is 5. The number of rotatable bonds is 4. The van der Waals surface area contributed by atoms with Crippen molar-refractivity contribution >= 4 is 73.2 Å². The van der Waals surface area contributed by atoms with E-state index < -0.39 is 15.7 Å². The van der Waals surface area contributed by atoms with Gasteiger partial charge in [0.15, 0.2) is 21.6 Å². The number of benzene rings is 2. The number of hydrogen-bond donors (Lipinski definition) is 0. The average Bonchev–Trinajstić information content (AvgIpc) is 3.13. The molecule has 0 aromatic heterocycles. The molecule has 2 fully saturated rings. The largest absolute Gasteiger partial charge is 0.484 e. The topological polar surface area (TPSA) is 76.0 Å². The minimum absolute atomic E-state index is 0.0263. The molecule has 2 saturated heterocycles. The first kappa shape index (κ1) is 21.8. The van der Waals surface area contributed by atoms with Crippen LogP contribution < -0.4 is 9.64 Å². The molecule has 0 bridgehead atoms. The number of ether oxygens (including phenoxy) is 1. The molecule has 2 aromatic carbocycles. The number of carbonyl (C=O) groups excluding carboxylic acids is 1. The van der Waals surface area contributed by atoms with Crippen molar-refractivity contribution in [2.75, 3.05) is 23.0 Å². The van der Waals surface area contributed by atoms with Crippen LogP contribution in [0.4, 0.5) is 5.69 Å². The normalized spacial score (nSPS) is 23.6. The second-order valence-electron chi connectivity index (χ2n) is 6.80. The molecule has 0 saturated carbocycles. The highest BCUT2D eigenvalue weighted by Gasteiger charge is 2.49. The Bertz CT molecular complexity index is 1120. The van der Waals surface area contributed by atoms with Crippen LogP contribution in [0.25, 0.3) is 0 Å². The number of thioether (sulfide) groups is 1. The lowest BCUT2D eigenvalue weighted by atomic mass is 10.2. The fraction of sp³-hybridized carbons (Fsp3) is 0.263. The van der Waals surface area contributed by atoms with Gasteiger partial charge >= 0.3 is 0 Å². The number of carbonyl (C=O) groups is 1. The van der Waals surface area contributed by atoms with E-state index in [2.05, 4.69) is 4.99 Å². The first-order chi connectivity index (χ1) is 14.2. The lowest BCUT2D eigenvalue weighted by Crippen LogP contribution is -2.38. The van der Waals surface area contributed by atoms with Crippen molar-refractivity contribution in [3.63, 3.8) is 0 Å². The first-order valence-electron chi connectivity index (χ1n) is 8.83. The van der Waals surface area contributed by atoms with E-state index >= 15 is 0 Å². The molecular formula is C19H15Cl3N2O4S2. The third-order valence-corrected chi connectivity index (χ3v) is 8.63. The maximum Gasteiger partial charge on any atom is 0.285 e. The third-order valence-electron chi connectivity index (χ3n) is 4.63. The minimum Gasteiger partial charge on any atom is -0.484 e. The Labute approximate surface area is 193 Å². The molecule has 2 heterocycles. The molecule has 0 spiro atoms.